The van der Waals surface area contributed by atoms with Gasteiger partial charge in [-0.15, -0.1) is 0 Å². The van der Waals surface area contributed by atoms with Gasteiger partial charge in [0.05, 0.1) is 26.4 Å². The van der Waals surface area contributed by atoms with Crippen molar-refractivity contribution in [2.45, 2.75) is 0 Å². The average Bonchev–Trinajstić information content (AvgIpc) is 2.40. The molecular weight excluding hydrogens is 226 g/mol. The number of morpholine rings is 2. The normalized spacial score (nSPS) is 21.2. The van der Waals surface area contributed by atoms with E-state index in [1.165, 1.54) is 0 Å². The highest BCUT2D eigenvalue weighted by Gasteiger charge is 2.22. The molecule has 2 heterocycles. The summed E-state index contributed by atoms with van der Waals surface area (Å²) in [4.78, 5) is 26.6. The number of nitrogens with one attached hydrogen (secondary N) is 1. The molecule has 4 amide bonds. The van der Waals surface area contributed by atoms with E-state index in [9.17, 15) is 9.59 Å². The van der Waals surface area contributed by atoms with E-state index in [2.05, 4.69) is 5.32 Å². The van der Waals surface area contributed by atoms with E-state index in [1.807, 2.05) is 0 Å². The molecule has 2 fully saturated rings. The van der Waals surface area contributed by atoms with Crippen LogP contribution >= 0.6 is 0 Å². The number of ether oxygens (including phenoxy) is 2. The van der Waals surface area contributed by atoms with Crippen LogP contribution in [0.4, 0.5) is 9.59 Å². The molecular formula is C10H17N3O4. The van der Waals surface area contributed by atoms with Crippen LogP contribution in [0, 0.1) is 0 Å². The molecule has 7 heteroatoms. The quantitative estimate of drug-likeness (QED) is 0.621. The summed E-state index contributed by atoms with van der Waals surface area (Å²) in [5.41, 5.74) is 0. The Hall–Kier alpha value is -1.34. The predicted molar refractivity (Wildman–Crippen MR) is 58.7 cm³/mol. The fraction of sp³-hybridized carbons (Fsp3) is 0.800. The van der Waals surface area contributed by atoms with E-state index in [0.29, 0.717) is 52.6 Å². The summed E-state index contributed by atoms with van der Waals surface area (Å²) in [6, 6.07) is -0.686. The Kier molecular flexibility index (Phi) is 4.16. The molecule has 2 saturated heterocycles. The maximum absolute atomic E-state index is 11.7. The van der Waals surface area contributed by atoms with Gasteiger partial charge >= 0.3 is 12.1 Å². The van der Waals surface area contributed by atoms with Crippen molar-refractivity contribution in [3.05, 3.63) is 0 Å². The van der Waals surface area contributed by atoms with E-state index >= 15 is 0 Å². The lowest BCUT2D eigenvalue weighted by Crippen LogP contribution is -2.53. The molecule has 17 heavy (non-hydrogen) atoms. The van der Waals surface area contributed by atoms with Crippen molar-refractivity contribution in [3.8, 4) is 0 Å². The molecule has 0 aromatic carbocycles. The van der Waals surface area contributed by atoms with Crippen molar-refractivity contribution in [2.75, 3.05) is 52.6 Å². The van der Waals surface area contributed by atoms with Gasteiger partial charge in [0.25, 0.3) is 0 Å². The molecule has 7 nitrogen and oxygen atoms in total. The minimum absolute atomic E-state index is 0.343. The largest absolute Gasteiger partial charge is 0.378 e. The summed E-state index contributed by atoms with van der Waals surface area (Å²) in [6.45, 7) is 4.23. The number of carbonyl (C=O) groups is 2. The van der Waals surface area contributed by atoms with Crippen LogP contribution in [0.15, 0.2) is 0 Å². The number of hydrogen-bond acceptors (Lipinski definition) is 4. The van der Waals surface area contributed by atoms with Gasteiger partial charge in [-0.2, -0.15) is 0 Å². The summed E-state index contributed by atoms with van der Waals surface area (Å²) < 4.78 is 10.3. The number of amides is 4. The van der Waals surface area contributed by atoms with Crippen LogP contribution < -0.4 is 5.32 Å². The first-order valence-corrected chi connectivity index (χ1v) is 5.78. The van der Waals surface area contributed by atoms with Gasteiger partial charge in [0, 0.05) is 26.2 Å². The number of carbonyl (C=O) groups excluding carboxylic acids is 2. The Balaban J connectivity index is 1.78. The van der Waals surface area contributed by atoms with Crippen LogP contribution in [0.1, 0.15) is 0 Å². The van der Waals surface area contributed by atoms with Crippen molar-refractivity contribution in [2.24, 2.45) is 0 Å². The standard InChI is InChI=1S/C10H17N3O4/c14-9(12-1-5-16-6-2-12)11-10(15)13-3-7-17-8-4-13/h1-8H2,(H,11,14,15). The number of rotatable bonds is 0. The Morgan fingerprint density at radius 1 is 0.765 bits per heavy atom. The highest BCUT2D eigenvalue weighted by atomic mass is 16.5. The average molecular weight is 243 g/mol. The first kappa shape index (κ1) is 12.1. The molecule has 0 bridgehead atoms. The van der Waals surface area contributed by atoms with E-state index in [-0.39, 0.29) is 12.1 Å². The highest BCUT2D eigenvalue weighted by molar-refractivity contribution is 5.93. The third-order valence-electron chi connectivity index (χ3n) is 2.81. The molecule has 96 valence electrons. The van der Waals surface area contributed by atoms with Crippen LogP contribution in [-0.2, 0) is 9.47 Å². The molecule has 0 aliphatic carbocycles. The van der Waals surface area contributed by atoms with Gasteiger partial charge in [-0.1, -0.05) is 0 Å². The van der Waals surface area contributed by atoms with Crippen LogP contribution in [0.3, 0.4) is 0 Å². The lowest BCUT2D eigenvalue weighted by atomic mass is 10.4. The third kappa shape index (κ3) is 3.31. The second kappa shape index (κ2) is 5.83. The van der Waals surface area contributed by atoms with Gasteiger partial charge in [0.15, 0.2) is 0 Å². The molecule has 0 aromatic rings. The topological polar surface area (TPSA) is 71.1 Å². The summed E-state index contributed by atoms with van der Waals surface area (Å²) >= 11 is 0. The molecule has 0 radical (unpaired) electrons. The van der Waals surface area contributed by atoms with Gasteiger partial charge in [0.1, 0.15) is 0 Å². The zero-order valence-electron chi connectivity index (χ0n) is 9.68. The van der Waals surface area contributed by atoms with Crippen LogP contribution in [0.5, 0.6) is 0 Å². The van der Waals surface area contributed by atoms with Crippen molar-refractivity contribution >= 4 is 12.1 Å². The molecule has 2 rings (SSSR count). The SMILES string of the molecule is O=C(NC(=O)N1CCOCC1)N1CCOCC1. The van der Waals surface area contributed by atoms with Crippen molar-refractivity contribution in [3.63, 3.8) is 0 Å². The first-order chi connectivity index (χ1) is 8.27. The summed E-state index contributed by atoms with van der Waals surface area (Å²) in [6.07, 6.45) is 0. The van der Waals surface area contributed by atoms with E-state index in [0.717, 1.165) is 0 Å². The first-order valence-electron chi connectivity index (χ1n) is 5.78. The van der Waals surface area contributed by atoms with Crippen LogP contribution in [-0.4, -0.2) is 74.5 Å². The van der Waals surface area contributed by atoms with Crippen molar-refractivity contribution < 1.29 is 19.1 Å². The van der Waals surface area contributed by atoms with Gasteiger partial charge in [-0.3, -0.25) is 5.32 Å². The maximum atomic E-state index is 11.7. The van der Waals surface area contributed by atoms with E-state index < -0.39 is 0 Å². The zero-order valence-corrected chi connectivity index (χ0v) is 9.68. The Labute approximate surface area is 99.6 Å². The number of nitrogens with zero attached hydrogens (tertiary/aromatic N) is 2. The maximum Gasteiger partial charge on any atom is 0.325 e. The molecule has 0 saturated carbocycles. The minimum atomic E-state index is -0.343. The molecule has 2 aliphatic rings. The molecule has 0 aromatic heterocycles. The Morgan fingerprint density at radius 2 is 1.12 bits per heavy atom. The van der Waals surface area contributed by atoms with Crippen molar-refractivity contribution in [1.82, 2.24) is 15.1 Å². The monoisotopic (exact) mass is 243 g/mol. The second-order valence-electron chi connectivity index (χ2n) is 3.93. The zero-order chi connectivity index (χ0) is 12.1. The number of urea groups is 2. The van der Waals surface area contributed by atoms with E-state index in [1.54, 1.807) is 9.80 Å². The fourth-order valence-electron chi connectivity index (χ4n) is 1.78. The van der Waals surface area contributed by atoms with Gasteiger partial charge in [-0.05, 0) is 0 Å². The van der Waals surface area contributed by atoms with Crippen LogP contribution in [0.25, 0.3) is 0 Å². The second-order valence-corrected chi connectivity index (χ2v) is 3.93. The molecule has 2 aliphatic heterocycles. The van der Waals surface area contributed by atoms with E-state index in [4.69, 9.17) is 9.47 Å². The summed E-state index contributed by atoms with van der Waals surface area (Å²) in [7, 11) is 0. The summed E-state index contributed by atoms with van der Waals surface area (Å²) in [5.74, 6) is 0. The van der Waals surface area contributed by atoms with Gasteiger partial charge in [-0.25, -0.2) is 9.59 Å². The minimum Gasteiger partial charge on any atom is -0.378 e. The summed E-state index contributed by atoms with van der Waals surface area (Å²) in [5, 5.41) is 2.38. The lowest BCUT2D eigenvalue weighted by molar-refractivity contribution is 0.0471. The van der Waals surface area contributed by atoms with Gasteiger partial charge in [0.2, 0.25) is 0 Å². The number of hydrogen-bond donors (Lipinski definition) is 1. The fourth-order valence-corrected chi connectivity index (χ4v) is 1.78. The number of imide groups is 1. The third-order valence-corrected chi connectivity index (χ3v) is 2.81. The van der Waals surface area contributed by atoms with Crippen molar-refractivity contribution in [1.29, 1.82) is 0 Å². The Morgan fingerprint density at radius 3 is 1.47 bits per heavy atom. The Bertz CT molecular complexity index is 257. The molecule has 0 spiro atoms. The lowest BCUT2D eigenvalue weighted by Gasteiger charge is -2.30. The van der Waals surface area contributed by atoms with Gasteiger partial charge < -0.3 is 19.3 Å². The highest BCUT2D eigenvalue weighted by Crippen LogP contribution is 2.00. The molecule has 1 N–H and O–H groups in total. The molecule has 0 unspecified atom stereocenters. The smallest absolute Gasteiger partial charge is 0.325 e. The van der Waals surface area contributed by atoms with Crippen LogP contribution in [0.2, 0.25) is 0 Å². The molecule has 0 atom stereocenters. The predicted octanol–water partition coefficient (Wildman–Crippen LogP) is -0.520.